The molecule has 3 aromatic heterocycles. The van der Waals surface area contributed by atoms with E-state index < -0.39 is 0 Å². The van der Waals surface area contributed by atoms with E-state index in [0.717, 1.165) is 67.5 Å². The number of rotatable bonds is 6. The summed E-state index contributed by atoms with van der Waals surface area (Å²) in [7, 11) is 0. The average molecular weight is 376 g/mol. The maximum absolute atomic E-state index is 12.2. The number of nitrogens with zero attached hydrogens (tertiary/aromatic N) is 5. The minimum absolute atomic E-state index is 0.187. The zero-order valence-electron chi connectivity index (χ0n) is 14.0. The van der Waals surface area contributed by atoms with Gasteiger partial charge >= 0.3 is 0 Å². The SMILES string of the molecule is O=c1c2sccc2sn1CCCCN1CCN(c2ncccn2)CC1. The molecule has 1 aliphatic rings. The minimum atomic E-state index is 0.187. The van der Waals surface area contributed by atoms with Gasteiger partial charge in [0, 0.05) is 45.1 Å². The van der Waals surface area contributed by atoms with Crippen molar-refractivity contribution in [2.45, 2.75) is 19.4 Å². The normalized spacial score (nSPS) is 15.9. The lowest BCUT2D eigenvalue weighted by atomic mass is 10.2. The number of piperazine rings is 1. The van der Waals surface area contributed by atoms with Gasteiger partial charge in [-0.2, -0.15) is 0 Å². The largest absolute Gasteiger partial charge is 0.338 e. The average Bonchev–Trinajstić information content (AvgIpc) is 3.23. The first-order valence-electron chi connectivity index (χ1n) is 8.63. The summed E-state index contributed by atoms with van der Waals surface area (Å²) in [5, 5.41) is 1.99. The van der Waals surface area contributed by atoms with Gasteiger partial charge in [0.05, 0.1) is 4.70 Å². The Morgan fingerprint density at radius 2 is 1.80 bits per heavy atom. The van der Waals surface area contributed by atoms with Gasteiger partial charge < -0.3 is 4.90 Å². The molecule has 1 saturated heterocycles. The maximum atomic E-state index is 12.2. The lowest BCUT2D eigenvalue weighted by molar-refractivity contribution is 0.250. The predicted octanol–water partition coefficient (Wildman–Crippen LogP) is 2.52. The van der Waals surface area contributed by atoms with Gasteiger partial charge in [-0.1, -0.05) is 11.5 Å². The molecule has 1 fully saturated rings. The van der Waals surface area contributed by atoms with Crippen molar-refractivity contribution in [1.82, 2.24) is 18.8 Å². The van der Waals surface area contributed by atoms with Crippen LogP contribution in [0.3, 0.4) is 0 Å². The first-order valence-corrected chi connectivity index (χ1v) is 10.3. The van der Waals surface area contributed by atoms with Gasteiger partial charge in [0.1, 0.15) is 4.70 Å². The van der Waals surface area contributed by atoms with Gasteiger partial charge in [-0.3, -0.25) is 13.7 Å². The number of aromatic nitrogens is 3. The lowest BCUT2D eigenvalue weighted by Crippen LogP contribution is -2.47. The fourth-order valence-electron chi connectivity index (χ4n) is 3.16. The van der Waals surface area contributed by atoms with Crippen LogP contribution in [0.2, 0.25) is 0 Å². The Balaban J connectivity index is 1.20. The van der Waals surface area contributed by atoms with Crippen LogP contribution in [-0.4, -0.2) is 51.5 Å². The van der Waals surface area contributed by atoms with Crippen LogP contribution in [0, 0.1) is 0 Å². The number of anilines is 1. The van der Waals surface area contributed by atoms with E-state index in [1.165, 1.54) is 0 Å². The van der Waals surface area contributed by atoms with E-state index in [1.54, 1.807) is 35.3 Å². The second kappa shape index (κ2) is 7.63. The molecule has 0 spiro atoms. The van der Waals surface area contributed by atoms with E-state index in [9.17, 15) is 4.79 Å². The van der Waals surface area contributed by atoms with E-state index in [0.29, 0.717) is 0 Å². The van der Waals surface area contributed by atoms with Crippen LogP contribution < -0.4 is 10.5 Å². The summed E-state index contributed by atoms with van der Waals surface area (Å²) in [5.41, 5.74) is 0.187. The van der Waals surface area contributed by atoms with E-state index in [1.807, 2.05) is 21.5 Å². The predicted molar refractivity (Wildman–Crippen MR) is 104 cm³/mol. The van der Waals surface area contributed by atoms with Crippen molar-refractivity contribution in [3.8, 4) is 0 Å². The second-order valence-corrected chi connectivity index (χ2v) is 8.18. The standard InChI is InChI=1S/C17H21N5OS2/c23-16-15-14(4-13-24-15)25-22(16)8-2-1-7-20-9-11-21(12-10-20)17-18-5-3-6-19-17/h3-6,13H,1-2,7-12H2. The summed E-state index contributed by atoms with van der Waals surface area (Å²) in [6.07, 6.45) is 5.77. The number of hydrogen-bond donors (Lipinski definition) is 0. The quantitative estimate of drug-likeness (QED) is 0.620. The number of fused-ring (bicyclic) bond motifs is 1. The molecule has 132 valence electrons. The van der Waals surface area contributed by atoms with E-state index >= 15 is 0 Å². The fraction of sp³-hybridized carbons (Fsp3) is 0.471. The van der Waals surface area contributed by atoms with Gasteiger partial charge in [0.15, 0.2) is 0 Å². The van der Waals surface area contributed by atoms with Crippen molar-refractivity contribution in [3.63, 3.8) is 0 Å². The van der Waals surface area contributed by atoms with Crippen LogP contribution in [0.25, 0.3) is 9.40 Å². The Morgan fingerprint density at radius 1 is 1.04 bits per heavy atom. The highest BCUT2D eigenvalue weighted by Crippen LogP contribution is 2.22. The zero-order chi connectivity index (χ0) is 17.1. The van der Waals surface area contributed by atoms with Crippen LogP contribution in [-0.2, 0) is 6.54 Å². The molecule has 25 heavy (non-hydrogen) atoms. The summed E-state index contributed by atoms with van der Waals surface area (Å²) in [6.45, 7) is 5.98. The third-order valence-electron chi connectivity index (χ3n) is 4.55. The highest BCUT2D eigenvalue weighted by Gasteiger charge is 2.18. The van der Waals surface area contributed by atoms with Crippen molar-refractivity contribution in [2.75, 3.05) is 37.6 Å². The van der Waals surface area contributed by atoms with Crippen molar-refractivity contribution < 1.29 is 0 Å². The molecule has 1 aliphatic heterocycles. The Morgan fingerprint density at radius 3 is 2.56 bits per heavy atom. The van der Waals surface area contributed by atoms with Crippen molar-refractivity contribution in [2.24, 2.45) is 0 Å². The smallest absolute Gasteiger partial charge is 0.278 e. The molecular weight excluding hydrogens is 354 g/mol. The number of unbranched alkanes of at least 4 members (excludes halogenated alkanes) is 1. The molecule has 0 N–H and O–H groups in total. The molecule has 0 amide bonds. The van der Waals surface area contributed by atoms with Crippen LogP contribution >= 0.6 is 22.9 Å². The van der Waals surface area contributed by atoms with E-state index in [4.69, 9.17) is 0 Å². The van der Waals surface area contributed by atoms with Gasteiger partial charge in [0.25, 0.3) is 5.56 Å². The van der Waals surface area contributed by atoms with Gasteiger partial charge in [0.2, 0.25) is 5.95 Å². The highest BCUT2D eigenvalue weighted by molar-refractivity contribution is 7.24. The lowest BCUT2D eigenvalue weighted by Gasteiger charge is -2.34. The molecule has 0 radical (unpaired) electrons. The fourth-order valence-corrected chi connectivity index (χ4v) is 5.23. The van der Waals surface area contributed by atoms with Crippen LogP contribution in [0.1, 0.15) is 12.8 Å². The molecule has 4 rings (SSSR count). The van der Waals surface area contributed by atoms with Crippen LogP contribution in [0.15, 0.2) is 34.7 Å². The molecule has 0 aromatic carbocycles. The third kappa shape index (κ3) is 3.75. The van der Waals surface area contributed by atoms with Gasteiger partial charge in [-0.05, 0) is 36.9 Å². The molecule has 6 nitrogen and oxygen atoms in total. The Bertz CT molecular complexity index is 864. The molecule has 0 atom stereocenters. The summed E-state index contributed by atoms with van der Waals surface area (Å²) >= 11 is 3.14. The summed E-state index contributed by atoms with van der Waals surface area (Å²) < 4.78 is 3.93. The van der Waals surface area contributed by atoms with Gasteiger partial charge in [-0.25, -0.2) is 9.97 Å². The summed E-state index contributed by atoms with van der Waals surface area (Å²) in [5.74, 6) is 0.833. The monoisotopic (exact) mass is 375 g/mol. The molecule has 8 heteroatoms. The van der Waals surface area contributed by atoms with Crippen molar-refractivity contribution in [3.05, 3.63) is 40.3 Å². The first-order chi connectivity index (χ1) is 12.3. The van der Waals surface area contributed by atoms with Crippen LogP contribution in [0.5, 0.6) is 0 Å². The molecule has 0 aliphatic carbocycles. The highest BCUT2D eigenvalue weighted by atomic mass is 32.1. The maximum Gasteiger partial charge on any atom is 0.278 e. The molecule has 3 aromatic rings. The van der Waals surface area contributed by atoms with Crippen LogP contribution in [0.4, 0.5) is 5.95 Å². The van der Waals surface area contributed by atoms with E-state index in [2.05, 4.69) is 19.8 Å². The topological polar surface area (TPSA) is 54.3 Å². The summed E-state index contributed by atoms with van der Waals surface area (Å²) in [6, 6.07) is 3.89. The van der Waals surface area contributed by atoms with Crippen molar-refractivity contribution in [1.29, 1.82) is 0 Å². The van der Waals surface area contributed by atoms with Crippen molar-refractivity contribution >= 4 is 38.2 Å². The Kier molecular flexibility index (Phi) is 5.09. The molecule has 0 saturated carbocycles. The molecular formula is C17H21N5OS2. The molecule has 0 unspecified atom stereocenters. The first kappa shape index (κ1) is 16.7. The second-order valence-electron chi connectivity index (χ2n) is 6.20. The minimum Gasteiger partial charge on any atom is -0.338 e. The summed E-state index contributed by atoms with van der Waals surface area (Å²) in [4.78, 5) is 25.6. The third-order valence-corrected chi connectivity index (χ3v) is 6.69. The molecule has 0 bridgehead atoms. The number of hydrogen-bond acceptors (Lipinski definition) is 7. The number of thiophene rings is 1. The Labute approximate surface area is 154 Å². The molecule has 4 heterocycles. The zero-order valence-corrected chi connectivity index (χ0v) is 15.6. The number of aryl methyl sites for hydroxylation is 1. The van der Waals surface area contributed by atoms with E-state index in [-0.39, 0.29) is 5.56 Å². The Hall–Kier alpha value is -1.77. The van der Waals surface area contributed by atoms with Gasteiger partial charge in [-0.15, -0.1) is 11.3 Å².